The summed E-state index contributed by atoms with van der Waals surface area (Å²) in [7, 11) is 1.86. The predicted molar refractivity (Wildman–Crippen MR) is 87.6 cm³/mol. The molecule has 0 N–H and O–H groups in total. The standard InChI is InChI=1S/C16H16BrNO2S/c1-18(8-14-7-13(17)10-21-14)16(19)12-6-11-4-2-3-5-15(11)20-9-12/h2-5,7,10,12H,6,8-9H2,1H3. The molecular weight excluding hydrogens is 350 g/mol. The van der Waals surface area contributed by atoms with Crippen LogP contribution in [0.25, 0.3) is 0 Å². The average Bonchev–Trinajstić information content (AvgIpc) is 2.91. The van der Waals surface area contributed by atoms with Crippen molar-refractivity contribution in [3.8, 4) is 5.75 Å². The molecule has 110 valence electrons. The summed E-state index contributed by atoms with van der Waals surface area (Å²) >= 11 is 5.10. The van der Waals surface area contributed by atoms with E-state index in [1.54, 1.807) is 16.2 Å². The molecule has 21 heavy (non-hydrogen) atoms. The molecule has 0 bridgehead atoms. The summed E-state index contributed by atoms with van der Waals surface area (Å²) < 4.78 is 6.78. The second-order valence-corrected chi connectivity index (χ2v) is 7.16. The van der Waals surface area contributed by atoms with E-state index >= 15 is 0 Å². The highest BCUT2D eigenvalue weighted by atomic mass is 79.9. The largest absolute Gasteiger partial charge is 0.492 e. The molecule has 1 aromatic heterocycles. The van der Waals surface area contributed by atoms with Crippen molar-refractivity contribution in [2.45, 2.75) is 13.0 Å². The number of para-hydroxylation sites is 1. The summed E-state index contributed by atoms with van der Waals surface area (Å²) in [5.41, 5.74) is 1.12. The first-order chi connectivity index (χ1) is 10.1. The van der Waals surface area contributed by atoms with Gasteiger partial charge in [0.05, 0.1) is 12.5 Å². The summed E-state index contributed by atoms with van der Waals surface area (Å²) in [5.74, 6) is 0.966. The molecule has 2 heterocycles. The summed E-state index contributed by atoms with van der Waals surface area (Å²) in [6, 6.07) is 10.00. The lowest BCUT2D eigenvalue weighted by Gasteiger charge is -2.28. The fourth-order valence-corrected chi connectivity index (χ4v) is 4.05. The topological polar surface area (TPSA) is 29.5 Å². The predicted octanol–water partition coefficient (Wildman–Crippen LogP) is 3.72. The molecule has 1 amide bonds. The van der Waals surface area contributed by atoms with Gasteiger partial charge in [0.25, 0.3) is 0 Å². The third kappa shape index (κ3) is 3.30. The molecule has 3 nitrogen and oxygen atoms in total. The number of thiophene rings is 1. The van der Waals surface area contributed by atoms with Crippen LogP contribution in [0.2, 0.25) is 0 Å². The zero-order chi connectivity index (χ0) is 14.8. The molecule has 1 aliphatic rings. The van der Waals surface area contributed by atoms with Crippen molar-refractivity contribution in [2.75, 3.05) is 13.7 Å². The van der Waals surface area contributed by atoms with E-state index in [4.69, 9.17) is 4.74 Å². The van der Waals surface area contributed by atoms with Gasteiger partial charge < -0.3 is 9.64 Å². The lowest BCUT2D eigenvalue weighted by molar-refractivity contribution is -0.136. The number of halogens is 1. The average molecular weight is 366 g/mol. The Hall–Kier alpha value is -1.33. The molecule has 5 heteroatoms. The molecule has 0 spiro atoms. The lowest BCUT2D eigenvalue weighted by atomic mass is 9.95. The van der Waals surface area contributed by atoms with Crippen molar-refractivity contribution < 1.29 is 9.53 Å². The van der Waals surface area contributed by atoms with Gasteiger partial charge in [-0.05, 0) is 40.0 Å². The molecule has 1 atom stereocenters. The quantitative estimate of drug-likeness (QED) is 0.829. The van der Waals surface area contributed by atoms with Crippen LogP contribution in [-0.2, 0) is 17.8 Å². The molecule has 0 saturated carbocycles. The molecule has 0 fully saturated rings. The molecule has 3 rings (SSSR count). The van der Waals surface area contributed by atoms with Crippen LogP contribution < -0.4 is 4.74 Å². The minimum absolute atomic E-state index is 0.0895. The van der Waals surface area contributed by atoms with Gasteiger partial charge in [-0.3, -0.25) is 4.79 Å². The number of nitrogens with zero attached hydrogens (tertiary/aromatic N) is 1. The molecule has 2 aromatic rings. The molecule has 0 aliphatic carbocycles. The van der Waals surface area contributed by atoms with Crippen LogP contribution >= 0.6 is 27.3 Å². The number of rotatable bonds is 3. The number of hydrogen-bond acceptors (Lipinski definition) is 3. The monoisotopic (exact) mass is 365 g/mol. The zero-order valence-corrected chi connectivity index (χ0v) is 14.1. The van der Waals surface area contributed by atoms with Crippen molar-refractivity contribution >= 4 is 33.2 Å². The van der Waals surface area contributed by atoms with Crippen molar-refractivity contribution in [3.05, 3.63) is 50.6 Å². The first-order valence-electron chi connectivity index (χ1n) is 6.82. The van der Waals surface area contributed by atoms with Gasteiger partial charge in [-0.15, -0.1) is 11.3 Å². The normalized spacial score (nSPS) is 17.0. The van der Waals surface area contributed by atoms with Crippen molar-refractivity contribution in [2.24, 2.45) is 5.92 Å². The zero-order valence-electron chi connectivity index (χ0n) is 11.7. The SMILES string of the molecule is CN(Cc1cc(Br)cs1)C(=O)C1COc2ccccc2C1. The van der Waals surface area contributed by atoms with Gasteiger partial charge in [0, 0.05) is 21.8 Å². The van der Waals surface area contributed by atoms with Crippen LogP contribution in [0.15, 0.2) is 40.2 Å². The van der Waals surface area contributed by atoms with E-state index in [1.807, 2.05) is 36.7 Å². The molecular formula is C16H16BrNO2S. The maximum absolute atomic E-state index is 12.6. The Morgan fingerprint density at radius 3 is 3.05 bits per heavy atom. The van der Waals surface area contributed by atoms with Gasteiger partial charge >= 0.3 is 0 Å². The maximum Gasteiger partial charge on any atom is 0.229 e. The first kappa shape index (κ1) is 14.6. The van der Waals surface area contributed by atoms with Crippen molar-refractivity contribution in [1.82, 2.24) is 4.90 Å². The van der Waals surface area contributed by atoms with E-state index in [0.29, 0.717) is 13.2 Å². The first-order valence-corrected chi connectivity index (χ1v) is 8.49. The summed E-state index contributed by atoms with van der Waals surface area (Å²) in [5, 5.41) is 2.04. The maximum atomic E-state index is 12.6. The summed E-state index contributed by atoms with van der Waals surface area (Å²) in [6.07, 6.45) is 0.757. The summed E-state index contributed by atoms with van der Waals surface area (Å²) in [4.78, 5) is 15.5. The number of amides is 1. The van der Waals surface area contributed by atoms with E-state index < -0.39 is 0 Å². The molecule has 1 aromatic carbocycles. The number of carbonyl (C=O) groups is 1. The second-order valence-electron chi connectivity index (χ2n) is 5.25. The molecule has 1 aliphatic heterocycles. The smallest absolute Gasteiger partial charge is 0.229 e. The van der Waals surface area contributed by atoms with Gasteiger partial charge in [0.15, 0.2) is 0 Å². The van der Waals surface area contributed by atoms with E-state index in [-0.39, 0.29) is 11.8 Å². The van der Waals surface area contributed by atoms with Crippen LogP contribution in [0.1, 0.15) is 10.4 Å². The van der Waals surface area contributed by atoms with Crippen molar-refractivity contribution in [3.63, 3.8) is 0 Å². The molecule has 1 unspecified atom stereocenters. The van der Waals surface area contributed by atoms with Gasteiger partial charge in [-0.1, -0.05) is 18.2 Å². The number of carbonyl (C=O) groups excluding carboxylic acids is 1. The third-order valence-corrected chi connectivity index (χ3v) is 5.30. The Bertz CT molecular complexity index is 655. The summed E-state index contributed by atoms with van der Waals surface area (Å²) in [6.45, 7) is 1.11. The molecule has 0 radical (unpaired) electrons. The van der Waals surface area contributed by atoms with Crippen LogP contribution in [0.3, 0.4) is 0 Å². The minimum Gasteiger partial charge on any atom is -0.492 e. The van der Waals surface area contributed by atoms with Gasteiger partial charge in [-0.2, -0.15) is 0 Å². The van der Waals surface area contributed by atoms with E-state index in [2.05, 4.69) is 22.0 Å². The van der Waals surface area contributed by atoms with Crippen LogP contribution in [0.4, 0.5) is 0 Å². The van der Waals surface area contributed by atoms with E-state index in [9.17, 15) is 4.79 Å². The van der Waals surface area contributed by atoms with Gasteiger partial charge in [0.1, 0.15) is 12.4 Å². The fourth-order valence-electron chi connectivity index (χ4n) is 2.55. The Labute approximate surface area is 136 Å². The Balaban J connectivity index is 1.66. The third-order valence-electron chi connectivity index (χ3n) is 3.62. The van der Waals surface area contributed by atoms with Gasteiger partial charge in [-0.25, -0.2) is 0 Å². The van der Waals surface area contributed by atoms with Crippen LogP contribution in [0.5, 0.6) is 5.75 Å². The minimum atomic E-state index is -0.0895. The van der Waals surface area contributed by atoms with Crippen LogP contribution in [-0.4, -0.2) is 24.5 Å². The highest BCUT2D eigenvalue weighted by Crippen LogP contribution is 2.28. The Kier molecular flexibility index (Phi) is 4.31. The number of hydrogen-bond donors (Lipinski definition) is 0. The lowest BCUT2D eigenvalue weighted by Crippen LogP contribution is -2.38. The Morgan fingerprint density at radius 1 is 1.48 bits per heavy atom. The highest BCUT2D eigenvalue weighted by molar-refractivity contribution is 9.10. The number of fused-ring (bicyclic) bond motifs is 1. The Morgan fingerprint density at radius 2 is 2.29 bits per heavy atom. The van der Waals surface area contributed by atoms with Crippen molar-refractivity contribution in [1.29, 1.82) is 0 Å². The highest BCUT2D eigenvalue weighted by Gasteiger charge is 2.28. The van der Waals surface area contributed by atoms with Crippen LogP contribution in [0, 0.1) is 5.92 Å². The number of ether oxygens (including phenoxy) is 1. The molecule has 0 saturated heterocycles. The van der Waals surface area contributed by atoms with E-state index in [0.717, 1.165) is 22.2 Å². The number of benzene rings is 1. The fraction of sp³-hybridized carbons (Fsp3) is 0.312. The van der Waals surface area contributed by atoms with Gasteiger partial charge in [0.2, 0.25) is 5.91 Å². The van der Waals surface area contributed by atoms with E-state index in [1.165, 1.54) is 4.88 Å². The second kappa shape index (κ2) is 6.20.